The first-order valence-electron chi connectivity index (χ1n) is 7.03. The highest BCUT2D eigenvalue weighted by atomic mass is 79.9. The summed E-state index contributed by atoms with van der Waals surface area (Å²) in [5.41, 5.74) is 0. The molecule has 5 heteroatoms. The number of thioether (sulfide) groups is 1. The van der Waals surface area contributed by atoms with E-state index in [0.29, 0.717) is 12.3 Å². The van der Waals surface area contributed by atoms with Crippen molar-refractivity contribution in [3.63, 3.8) is 0 Å². The van der Waals surface area contributed by atoms with Gasteiger partial charge in [0.2, 0.25) is 5.91 Å². The molecule has 0 saturated carbocycles. The first kappa shape index (κ1) is 15.9. The summed E-state index contributed by atoms with van der Waals surface area (Å²) in [6, 6.07) is 8.48. The lowest BCUT2D eigenvalue weighted by molar-refractivity contribution is -0.121. The number of piperidine rings is 1. The molecule has 0 aliphatic carbocycles. The number of benzene rings is 1. The molecular weight excluding hydrogens is 336 g/mol. The van der Waals surface area contributed by atoms with Crippen LogP contribution in [0.25, 0.3) is 0 Å². The van der Waals surface area contributed by atoms with Crippen LogP contribution in [0, 0.1) is 5.92 Å². The van der Waals surface area contributed by atoms with Crippen molar-refractivity contribution in [2.45, 2.75) is 30.7 Å². The topological polar surface area (TPSA) is 41.1 Å². The van der Waals surface area contributed by atoms with Gasteiger partial charge in [-0.25, -0.2) is 0 Å². The zero-order valence-corrected chi connectivity index (χ0v) is 14.1. The summed E-state index contributed by atoms with van der Waals surface area (Å²) in [6.45, 7) is 4.17. The van der Waals surface area contributed by atoms with Crippen molar-refractivity contribution >= 4 is 33.6 Å². The van der Waals surface area contributed by atoms with Crippen molar-refractivity contribution < 1.29 is 4.79 Å². The molecule has 2 rings (SSSR count). The average molecular weight is 357 g/mol. The number of carbonyl (C=O) groups is 1. The van der Waals surface area contributed by atoms with Crippen molar-refractivity contribution in [1.82, 2.24) is 10.6 Å². The van der Waals surface area contributed by atoms with Crippen LogP contribution in [-0.4, -0.2) is 30.8 Å². The second-order valence-corrected chi connectivity index (χ2v) is 7.28. The molecule has 2 unspecified atom stereocenters. The van der Waals surface area contributed by atoms with Crippen LogP contribution in [0.3, 0.4) is 0 Å². The Hall–Kier alpha value is -0.520. The Bertz CT molecular complexity index is 438. The highest BCUT2D eigenvalue weighted by Crippen LogP contribution is 2.21. The molecule has 0 bridgehead atoms. The monoisotopic (exact) mass is 356 g/mol. The van der Waals surface area contributed by atoms with Gasteiger partial charge >= 0.3 is 0 Å². The van der Waals surface area contributed by atoms with E-state index >= 15 is 0 Å². The van der Waals surface area contributed by atoms with Crippen LogP contribution in [0.5, 0.6) is 0 Å². The minimum Gasteiger partial charge on any atom is -0.352 e. The summed E-state index contributed by atoms with van der Waals surface area (Å²) in [5.74, 6) is 1.55. The molecule has 2 N–H and O–H groups in total. The van der Waals surface area contributed by atoms with E-state index in [4.69, 9.17) is 0 Å². The second kappa shape index (κ2) is 8.05. The predicted molar refractivity (Wildman–Crippen MR) is 88.1 cm³/mol. The lowest BCUT2D eigenvalue weighted by Crippen LogP contribution is -2.50. The first-order chi connectivity index (χ1) is 9.65. The SMILES string of the molecule is CC1CCNCC1NC(=O)CCSc1ccc(Br)cc1. The van der Waals surface area contributed by atoms with Crippen LogP contribution in [0.2, 0.25) is 0 Å². The summed E-state index contributed by atoms with van der Waals surface area (Å²) in [5, 5.41) is 6.48. The maximum absolute atomic E-state index is 11.9. The Kier molecular flexibility index (Phi) is 6.39. The number of halogens is 1. The maximum atomic E-state index is 11.9. The minimum atomic E-state index is 0.162. The summed E-state index contributed by atoms with van der Waals surface area (Å²) < 4.78 is 1.08. The molecule has 1 aromatic carbocycles. The third-order valence-corrected chi connectivity index (χ3v) is 5.13. The molecule has 20 heavy (non-hydrogen) atoms. The molecule has 1 amide bonds. The smallest absolute Gasteiger partial charge is 0.221 e. The van der Waals surface area contributed by atoms with Crippen LogP contribution in [-0.2, 0) is 4.79 Å². The molecule has 1 aliphatic heterocycles. The van der Waals surface area contributed by atoms with Crippen molar-refractivity contribution in [3.8, 4) is 0 Å². The van der Waals surface area contributed by atoms with Crippen molar-refractivity contribution in [2.24, 2.45) is 5.92 Å². The Morgan fingerprint density at radius 1 is 1.45 bits per heavy atom. The lowest BCUT2D eigenvalue weighted by atomic mass is 9.95. The molecule has 0 radical (unpaired) electrons. The van der Waals surface area contributed by atoms with Crippen molar-refractivity contribution in [2.75, 3.05) is 18.8 Å². The molecule has 1 heterocycles. The molecule has 3 nitrogen and oxygen atoms in total. The zero-order valence-electron chi connectivity index (χ0n) is 11.7. The molecule has 0 aromatic heterocycles. The summed E-state index contributed by atoms with van der Waals surface area (Å²) in [7, 11) is 0. The fourth-order valence-electron chi connectivity index (χ4n) is 2.25. The normalized spacial score (nSPS) is 22.5. The van der Waals surface area contributed by atoms with Gasteiger partial charge in [-0.1, -0.05) is 22.9 Å². The van der Waals surface area contributed by atoms with E-state index in [9.17, 15) is 4.79 Å². The average Bonchev–Trinajstić information content (AvgIpc) is 2.44. The van der Waals surface area contributed by atoms with Gasteiger partial charge in [-0.3, -0.25) is 4.79 Å². The van der Waals surface area contributed by atoms with Gasteiger partial charge < -0.3 is 10.6 Å². The van der Waals surface area contributed by atoms with Gasteiger partial charge in [0.05, 0.1) is 0 Å². The van der Waals surface area contributed by atoms with Gasteiger partial charge in [-0.05, 0) is 43.1 Å². The van der Waals surface area contributed by atoms with Crippen LogP contribution in [0.15, 0.2) is 33.6 Å². The molecule has 1 aromatic rings. The van der Waals surface area contributed by atoms with Crippen LogP contribution in [0.1, 0.15) is 19.8 Å². The molecular formula is C15H21BrN2OS. The van der Waals surface area contributed by atoms with E-state index in [1.54, 1.807) is 11.8 Å². The number of amides is 1. The molecule has 1 aliphatic rings. The number of nitrogens with one attached hydrogen (secondary N) is 2. The first-order valence-corrected chi connectivity index (χ1v) is 8.81. The number of hydrogen-bond acceptors (Lipinski definition) is 3. The maximum Gasteiger partial charge on any atom is 0.221 e. The predicted octanol–water partition coefficient (Wildman–Crippen LogP) is 3.05. The molecule has 2 atom stereocenters. The summed E-state index contributed by atoms with van der Waals surface area (Å²) in [6.07, 6.45) is 1.71. The van der Waals surface area contributed by atoms with Gasteiger partial charge in [0.15, 0.2) is 0 Å². The third-order valence-electron chi connectivity index (χ3n) is 3.59. The Morgan fingerprint density at radius 3 is 2.90 bits per heavy atom. The number of hydrogen-bond donors (Lipinski definition) is 2. The van der Waals surface area contributed by atoms with Gasteiger partial charge in [0, 0.05) is 34.1 Å². The van der Waals surface area contributed by atoms with E-state index in [2.05, 4.69) is 45.6 Å². The quantitative estimate of drug-likeness (QED) is 0.796. The van der Waals surface area contributed by atoms with Gasteiger partial charge in [-0.15, -0.1) is 11.8 Å². The highest BCUT2D eigenvalue weighted by Gasteiger charge is 2.22. The van der Waals surface area contributed by atoms with Crippen LogP contribution in [0.4, 0.5) is 0 Å². The zero-order chi connectivity index (χ0) is 14.4. The molecule has 1 fully saturated rings. The van der Waals surface area contributed by atoms with Crippen molar-refractivity contribution in [3.05, 3.63) is 28.7 Å². The van der Waals surface area contributed by atoms with E-state index < -0.39 is 0 Å². The highest BCUT2D eigenvalue weighted by molar-refractivity contribution is 9.10. The van der Waals surface area contributed by atoms with Gasteiger partial charge in [-0.2, -0.15) is 0 Å². The lowest BCUT2D eigenvalue weighted by Gasteiger charge is -2.30. The van der Waals surface area contributed by atoms with E-state index in [1.807, 2.05) is 12.1 Å². The van der Waals surface area contributed by atoms with Crippen LogP contribution >= 0.6 is 27.7 Å². The van der Waals surface area contributed by atoms with Crippen LogP contribution < -0.4 is 10.6 Å². The molecule has 110 valence electrons. The minimum absolute atomic E-state index is 0.162. The van der Waals surface area contributed by atoms with E-state index in [0.717, 1.165) is 29.7 Å². The van der Waals surface area contributed by atoms with Crippen molar-refractivity contribution in [1.29, 1.82) is 0 Å². The Balaban J connectivity index is 1.68. The molecule has 1 saturated heterocycles. The second-order valence-electron chi connectivity index (χ2n) is 5.20. The molecule has 0 spiro atoms. The van der Waals surface area contributed by atoms with Gasteiger partial charge in [0.1, 0.15) is 0 Å². The third kappa shape index (κ3) is 5.11. The van der Waals surface area contributed by atoms with E-state index in [-0.39, 0.29) is 11.9 Å². The van der Waals surface area contributed by atoms with E-state index in [1.165, 1.54) is 4.90 Å². The summed E-state index contributed by atoms with van der Waals surface area (Å²) >= 11 is 5.14. The number of rotatable bonds is 5. The van der Waals surface area contributed by atoms with Gasteiger partial charge in [0.25, 0.3) is 0 Å². The largest absolute Gasteiger partial charge is 0.352 e. The Morgan fingerprint density at radius 2 is 2.20 bits per heavy atom. The Labute approximate surface area is 133 Å². The fourth-order valence-corrected chi connectivity index (χ4v) is 3.37. The fraction of sp³-hybridized carbons (Fsp3) is 0.533. The summed E-state index contributed by atoms with van der Waals surface area (Å²) in [4.78, 5) is 13.1. The standard InChI is InChI=1S/C15H21BrN2OS/c1-11-6-8-17-10-14(11)18-15(19)7-9-20-13-4-2-12(16)3-5-13/h2-5,11,14,17H,6-10H2,1H3,(H,18,19). The number of carbonyl (C=O) groups excluding carboxylic acids is 1.